The van der Waals surface area contributed by atoms with Crippen LogP contribution in [0.25, 0.3) is 0 Å². The zero-order valence-corrected chi connectivity index (χ0v) is 13.8. The van der Waals surface area contributed by atoms with E-state index in [4.69, 9.17) is 17.0 Å². The van der Waals surface area contributed by atoms with Crippen LogP contribution in [0, 0.1) is 5.92 Å². The number of nitrogens with zero attached hydrogens (tertiary/aromatic N) is 1. The number of thiocarbonyl (C=S) groups is 1. The van der Waals surface area contributed by atoms with E-state index in [1.54, 1.807) is 30.3 Å². The zero-order valence-electron chi connectivity index (χ0n) is 13.0. The summed E-state index contributed by atoms with van der Waals surface area (Å²) in [5.41, 5.74) is -3.10. The molecule has 3 atom stereocenters. The molecule has 0 amide bonds. The van der Waals surface area contributed by atoms with Gasteiger partial charge in [0.1, 0.15) is 5.92 Å². The monoisotopic (exact) mass is 362 g/mol. The highest BCUT2D eigenvalue weighted by Crippen LogP contribution is 2.46. The van der Waals surface area contributed by atoms with E-state index >= 15 is 0 Å². The molecule has 0 spiro atoms. The van der Waals surface area contributed by atoms with Crippen molar-refractivity contribution >= 4 is 23.3 Å². The molecule has 9 heteroatoms. The Labute approximate surface area is 142 Å². The molecule has 0 bridgehead atoms. The Balaban J connectivity index is 2.61. The minimum absolute atomic E-state index is 0.112. The second-order valence-electron chi connectivity index (χ2n) is 5.35. The van der Waals surface area contributed by atoms with E-state index in [9.17, 15) is 23.1 Å². The third-order valence-electron chi connectivity index (χ3n) is 3.98. The molecule has 0 aromatic heterocycles. The highest BCUT2D eigenvalue weighted by Gasteiger charge is 2.69. The quantitative estimate of drug-likeness (QED) is 0.633. The van der Waals surface area contributed by atoms with Crippen LogP contribution in [0.2, 0.25) is 0 Å². The van der Waals surface area contributed by atoms with Gasteiger partial charge in [-0.15, -0.1) is 0 Å². The van der Waals surface area contributed by atoms with E-state index in [2.05, 4.69) is 5.32 Å². The first kappa shape index (κ1) is 18.5. The molecule has 1 aromatic carbocycles. The highest BCUT2D eigenvalue weighted by molar-refractivity contribution is 7.80. The predicted molar refractivity (Wildman–Crippen MR) is 83.8 cm³/mol. The lowest BCUT2D eigenvalue weighted by molar-refractivity contribution is -0.325. The highest BCUT2D eigenvalue weighted by atomic mass is 32.1. The number of rotatable bonds is 3. The number of esters is 1. The topological polar surface area (TPSA) is 61.8 Å². The summed E-state index contributed by atoms with van der Waals surface area (Å²) in [5, 5.41) is 12.9. The Morgan fingerprint density at radius 3 is 2.50 bits per heavy atom. The molecule has 1 aliphatic rings. The maximum atomic E-state index is 13.7. The second-order valence-corrected chi connectivity index (χ2v) is 5.74. The van der Waals surface area contributed by atoms with Gasteiger partial charge in [-0.25, -0.2) is 0 Å². The minimum Gasteiger partial charge on any atom is -0.466 e. The number of nitrogens with one attached hydrogen (secondary N) is 1. The summed E-state index contributed by atoms with van der Waals surface area (Å²) >= 11 is 4.93. The maximum Gasteiger partial charge on any atom is 0.437 e. The third kappa shape index (κ3) is 2.93. The standard InChI is InChI=1S/C15H17F3N2O3S/c1-3-23-12(21)10-11(9-7-5-4-6-8-9)19-13(24)20(2)14(10,22)15(16,17)18/h4-8,10-11,22H,3H2,1-2H3,(H,19,24). The summed E-state index contributed by atoms with van der Waals surface area (Å²) in [4.78, 5) is 12.8. The average molecular weight is 362 g/mol. The van der Waals surface area contributed by atoms with Crippen LogP contribution in [0.15, 0.2) is 30.3 Å². The molecule has 2 N–H and O–H groups in total. The van der Waals surface area contributed by atoms with Crippen LogP contribution in [-0.2, 0) is 9.53 Å². The maximum absolute atomic E-state index is 13.7. The van der Waals surface area contributed by atoms with Gasteiger partial charge in [-0.1, -0.05) is 30.3 Å². The van der Waals surface area contributed by atoms with E-state index in [1.807, 2.05) is 0 Å². The molecule has 0 saturated carbocycles. The summed E-state index contributed by atoms with van der Waals surface area (Å²) in [6.07, 6.45) is -5.13. The van der Waals surface area contributed by atoms with Crippen molar-refractivity contribution in [1.29, 1.82) is 0 Å². The Kier molecular flexibility index (Phi) is 5.05. The van der Waals surface area contributed by atoms with Gasteiger partial charge in [0, 0.05) is 7.05 Å². The molecule has 1 saturated heterocycles. The minimum atomic E-state index is -5.13. The number of carbonyl (C=O) groups excluding carboxylic acids is 1. The molecule has 0 radical (unpaired) electrons. The molecule has 5 nitrogen and oxygen atoms in total. The Bertz CT molecular complexity index is 626. The molecule has 24 heavy (non-hydrogen) atoms. The lowest BCUT2D eigenvalue weighted by Gasteiger charge is -2.50. The molecular formula is C15H17F3N2O3S. The van der Waals surface area contributed by atoms with Crippen molar-refractivity contribution < 1.29 is 27.8 Å². The van der Waals surface area contributed by atoms with Crippen LogP contribution >= 0.6 is 12.2 Å². The van der Waals surface area contributed by atoms with Gasteiger partial charge in [0.05, 0.1) is 12.6 Å². The predicted octanol–water partition coefficient (Wildman–Crippen LogP) is 1.98. The molecule has 132 valence electrons. The van der Waals surface area contributed by atoms with Crippen molar-refractivity contribution in [3.63, 3.8) is 0 Å². The number of hydrogen-bond acceptors (Lipinski definition) is 4. The van der Waals surface area contributed by atoms with Crippen molar-refractivity contribution in [2.45, 2.75) is 24.9 Å². The van der Waals surface area contributed by atoms with Crippen molar-refractivity contribution in [2.24, 2.45) is 5.92 Å². The third-order valence-corrected chi connectivity index (χ3v) is 4.37. The molecule has 1 aliphatic heterocycles. The van der Waals surface area contributed by atoms with Gasteiger partial charge in [-0.2, -0.15) is 13.2 Å². The Morgan fingerprint density at radius 2 is 2.00 bits per heavy atom. The van der Waals surface area contributed by atoms with Crippen LogP contribution in [0.3, 0.4) is 0 Å². The van der Waals surface area contributed by atoms with Crippen molar-refractivity contribution in [3.8, 4) is 0 Å². The smallest absolute Gasteiger partial charge is 0.437 e. The largest absolute Gasteiger partial charge is 0.466 e. The van der Waals surface area contributed by atoms with Gasteiger partial charge in [0.2, 0.25) is 0 Å². The molecular weight excluding hydrogens is 345 g/mol. The van der Waals surface area contributed by atoms with Crippen LogP contribution < -0.4 is 5.32 Å². The van der Waals surface area contributed by atoms with Crippen molar-refractivity contribution in [2.75, 3.05) is 13.7 Å². The first-order valence-corrected chi connectivity index (χ1v) is 7.60. The van der Waals surface area contributed by atoms with Crippen LogP contribution in [-0.4, -0.2) is 46.6 Å². The first-order valence-electron chi connectivity index (χ1n) is 7.19. The SMILES string of the molecule is CCOC(=O)C1C(c2ccccc2)NC(=S)N(C)C1(O)C(F)(F)F. The van der Waals surface area contributed by atoms with E-state index in [1.165, 1.54) is 6.92 Å². The molecule has 2 rings (SSSR count). The Morgan fingerprint density at radius 1 is 1.42 bits per heavy atom. The lowest BCUT2D eigenvalue weighted by atomic mass is 9.81. The molecule has 0 aliphatic carbocycles. The number of aliphatic hydroxyl groups is 1. The van der Waals surface area contributed by atoms with Gasteiger partial charge < -0.3 is 20.1 Å². The fraction of sp³-hybridized carbons (Fsp3) is 0.467. The fourth-order valence-electron chi connectivity index (χ4n) is 2.74. The number of hydrogen-bond donors (Lipinski definition) is 2. The number of alkyl halides is 3. The Hall–Kier alpha value is -1.87. The number of halogens is 3. The molecule has 3 unspecified atom stereocenters. The number of benzene rings is 1. The summed E-state index contributed by atoms with van der Waals surface area (Å²) in [6.45, 7) is 1.37. The summed E-state index contributed by atoms with van der Waals surface area (Å²) in [5.74, 6) is -3.11. The van der Waals surface area contributed by atoms with Crippen LogP contribution in [0.4, 0.5) is 13.2 Å². The second kappa shape index (κ2) is 6.56. The van der Waals surface area contributed by atoms with Crippen LogP contribution in [0.1, 0.15) is 18.5 Å². The van der Waals surface area contributed by atoms with Crippen molar-refractivity contribution in [3.05, 3.63) is 35.9 Å². The van der Waals surface area contributed by atoms with E-state index in [0.29, 0.717) is 10.5 Å². The molecule has 1 heterocycles. The van der Waals surface area contributed by atoms with Gasteiger partial charge in [0.15, 0.2) is 5.11 Å². The van der Waals surface area contributed by atoms with Gasteiger partial charge >= 0.3 is 12.1 Å². The normalized spacial score (nSPS) is 27.6. The number of carbonyl (C=O) groups is 1. The van der Waals surface area contributed by atoms with Gasteiger partial charge in [-0.3, -0.25) is 4.79 Å². The van der Waals surface area contributed by atoms with E-state index in [0.717, 1.165) is 7.05 Å². The fourth-order valence-corrected chi connectivity index (χ4v) is 3.01. The molecule has 1 fully saturated rings. The van der Waals surface area contributed by atoms with E-state index < -0.39 is 29.8 Å². The van der Waals surface area contributed by atoms with Crippen LogP contribution in [0.5, 0.6) is 0 Å². The summed E-state index contributed by atoms with van der Waals surface area (Å²) < 4.78 is 45.9. The molecule has 1 aromatic rings. The van der Waals surface area contributed by atoms with E-state index in [-0.39, 0.29) is 11.7 Å². The summed E-state index contributed by atoms with van der Waals surface area (Å²) in [7, 11) is 0.982. The summed E-state index contributed by atoms with van der Waals surface area (Å²) in [6, 6.07) is 6.84. The number of ether oxygens (including phenoxy) is 1. The lowest BCUT2D eigenvalue weighted by Crippen LogP contribution is -2.73. The van der Waals surface area contributed by atoms with Crippen molar-refractivity contribution in [1.82, 2.24) is 10.2 Å². The average Bonchev–Trinajstić information content (AvgIpc) is 2.52. The first-order chi connectivity index (χ1) is 11.1. The zero-order chi connectivity index (χ0) is 18.1. The van der Waals surface area contributed by atoms with Gasteiger partial charge in [0.25, 0.3) is 5.72 Å². The van der Waals surface area contributed by atoms with Gasteiger partial charge in [-0.05, 0) is 24.7 Å².